The number of amides is 2. The van der Waals surface area contributed by atoms with E-state index in [2.05, 4.69) is 21.3 Å². The average Bonchev–Trinajstić information content (AvgIpc) is 3.42. The second-order valence-corrected chi connectivity index (χ2v) is 8.36. The number of allylic oxidation sites excluding steroid dienone is 2. The summed E-state index contributed by atoms with van der Waals surface area (Å²) in [6.07, 6.45) is 14.0. The van der Waals surface area contributed by atoms with Crippen molar-refractivity contribution < 1.29 is 14.0 Å². The Kier molecular flexibility index (Phi) is 8.48. The zero-order valence-electron chi connectivity index (χ0n) is 19.6. The van der Waals surface area contributed by atoms with Crippen LogP contribution in [-0.4, -0.2) is 39.7 Å². The molecule has 0 aliphatic carbocycles. The van der Waals surface area contributed by atoms with Gasteiger partial charge in [0.05, 0.1) is 12.8 Å². The Hall–Kier alpha value is -4.13. The molecule has 1 aliphatic heterocycles. The molecule has 0 saturated carbocycles. The smallest absolute Gasteiger partial charge is 0.247 e. The molecule has 2 amide bonds. The number of benzene rings is 1. The lowest BCUT2D eigenvalue weighted by molar-refractivity contribution is -0.142. The Morgan fingerprint density at radius 2 is 1.89 bits per heavy atom. The molecule has 35 heavy (non-hydrogen) atoms. The van der Waals surface area contributed by atoms with Crippen LogP contribution in [-0.2, 0) is 22.7 Å². The zero-order valence-corrected chi connectivity index (χ0v) is 19.6. The summed E-state index contributed by atoms with van der Waals surface area (Å²) in [5.41, 5.74) is 1.69. The zero-order chi connectivity index (χ0) is 24.3. The van der Waals surface area contributed by atoms with Crippen molar-refractivity contribution >= 4 is 11.8 Å². The van der Waals surface area contributed by atoms with Gasteiger partial charge in [0.15, 0.2) is 0 Å². The number of furan rings is 1. The lowest BCUT2D eigenvalue weighted by Crippen LogP contribution is -2.43. The fourth-order valence-electron chi connectivity index (χ4n) is 4.04. The highest BCUT2D eigenvalue weighted by Gasteiger charge is 2.32. The first-order valence-corrected chi connectivity index (χ1v) is 11.8. The van der Waals surface area contributed by atoms with Crippen LogP contribution in [0.15, 0.2) is 102 Å². The number of carbonyl (C=O) groups is 2. The highest BCUT2D eigenvalue weighted by atomic mass is 16.3. The summed E-state index contributed by atoms with van der Waals surface area (Å²) >= 11 is 0. The van der Waals surface area contributed by atoms with Crippen molar-refractivity contribution in [2.75, 3.05) is 13.1 Å². The number of rotatable bonds is 11. The van der Waals surface area contributed by atoms with Crippen molar-refractivity contribution in [2.45, 2.75) is 32.0 Å². The summed E-state index contributed by atoms with van der Waals surface area (Å²) in [4.78, 5) is 34.9. The number of pyridine rings is 1. The molecule has 1 N–H and O–H groups in total. The van der Waals surface area contributed by atoms with Gasteiger partial charge in [0, 0.05) is 38.4 Å². The Morgan fingerprint density at radius 3 is 2.60 bits per heavy atom. The highest BCUT2D eigenvalue weighted by molar-refractivity contribution is 5.88. The number of carbonyl (C=O) groups excluding carboxylic acids is 2. The Bertz CT molecular complexity index is 1130. The van der Waals surface area contributed by atoms with E-state index in [9.17, 15) is 9.59 Å². The predicted octanol–water partition coefficient (Wildman–Crippen LogP) is 4.23. The van der Waals surface area contributed by atoms with E-state index >= 15 is 0 Å². The van der Waals surface area contributed by atoms with Gasteiger partial charge in [-0.05, 0) is 54.1 Å². The third-order valence-electron chi connectivity index (χ3n) is 5.84. The summed E-state index contributed by atoms with van der Waals surface area (Å²) in [5.74, 6) is 0.274. The van der Waals surface area contributed by atoms with E-state index in [-0.39, 0.29) is 18.4 Å². The van der Waals surface area contributed by atoms with Gasteiger partial charge in [0.2, 0.25) is 11.8 Å². The first-order chi connectivity index (χ1) is 17.2. The molecule has 1 aliphatic rings. The number of hydrogen-bond acceptors (Lipinski definition) is 5. The second-order valence-electron chi connectivity index (χ2n) is 8.36. The molecule has 1 unspecified atom stereocenters. The molecule has 3 heterocycles. The molecule has 4 rings (SSSR count). The minimum absolute atomic E-state index is 0.102. The molecule has 2 aromatic heterocycles. The van der Waals surface area contributed by atoms with Crippen molar-refractivity contribution in [3.63, 3.8) is 0 Å². The van der Waals surface area contributed by atoms with Crippen LogP contribution in [0.25, 0.3) is 0 Å². The fourth-order valence-corrected chi connectivity index (χ4v) is 4.04. The molecule has 1 aromatic carbocycles. The van der Waals surface area contributed by atoms with Crippen molar-refractivity contribution in [3.8, 4) is 0 Å². The molecule has 0 bridgehead atoms. The standard InChI is InChI=1S/C28H30N4O3/c33-26(12-7-19-31-17-5-2-6-18-31)32(22-25-11-8-20-35-25)27(24-13-15-29-16-14-24)28(34)30-21-23-9-3-1-4-10-23/h1-6,8-11,13-17,20,27H,7,12,18-19,21-22H2,(H,30,34). The van der Waals surface area contributed by atoms with Crippen molar-refractivity contribution in [3.05, 3.63) is 115 Å². The van der Waals surface area contributed by atoms with Crippen LogP contribution in [0.2, 0.25) is 0 Å². The van der Waals surface area contributed by atoms with Crippen LogP contribution >= 0.6 is 0 Å². The number of hydrogen-bond donors (Lipinski definition) is 1. The third-order valence-corrected chi connectivity index (χ3v) is 5.84. The van der Waals surface area contributed by atoms with Crippen LogP contribution in [0.5, 0.6) is 0 Å². The van der Waals surface area contributed by atoms with Gasteiger partial charge in [-0.15, -0.1) is 0 Å². The maximum atomic E-state index is 13.5. The van der Waals surface area contributed by atoms with Crippen LogP contribution in [0.4, 0.5) is 0 Å². The molecule has 0 fully saturated rings. The molecule has 3 aromatic rings. The maximum absolute atomic E-state index is 13.5. The largest absolute Gasteiger partial charge is 0.467 e. The van der Waals surface area contributed by atoms with Gasteiger partial charge in [-0.1, -0.05) is 42.5 Å². The van der Waals surface area contributed by atoms with Gasteiger partial charge < -0.3 is 19.5 Å². The minimum Gasteiger partial charge on any atom is -0.467 e. The van der Waals surface area contributed by atoms with Crippen molar-refractivity contribution in [2.24, 2.45) is 0 Å². The molecule has 0 radical (unpaired) electrons. The van der Waals surface area contributed by atoms with Gasteiger partial charge in [-0.3, -0.25) is 14.6 Å². The molecule has 0 spiro atoms. The molecule has 0 saturated heterocycles. The molecule has 7 nitrogen and oxygen atoms in total. The summed E-state index contributed by atoms with van der Waals surface area (Å²) in [6.45, 7) is 2.17. The van der Waals surface area contributed by atoms with Gasteiger partial charge >= 0.3 is 0 Å². The molecular formula is C28H30N4O3. The van der Waals surface area contributed by atoms with E-state index in [1.807, 2.05) is 54.8 Å². The average molecular weight is 471 g/mol. The van der Waals surface area contributed by atoms with E-state index in [0.29, 0.717) is 30.7 Å². The monoisotopic (exact) mass is 470 g/mol. The van der Waals surface area contributed by atoms with Crippen LogP contribution in [0.3, 0.4) is 0 Å². The fraction of sp³-hybridized carbons (Fsp3) is 0.250. The lowest BCUT2D eigenvalue weighted by Gasteiger charge is -2.31. The van der Waals surface area contributed by atoms with Gasteiger partial charge in [0.25, 0.3) is 0 Å². The van der Waals surface area contributed by atoms with Gasteiger partial charge in [0.1, 0.15) is 11.8 Å². The molecule has 1 atom stereocenters. The van der Waals surface area contributed by atoms with E-state index in [1.54, 1.807) is 41.8 Å². The molecule has 180 valence electrons. The second kappa shape index (κ2) is 12.4. The van der Waals surface area contributed by atoms with Gasteiger partial charge in [-0.25, -0.2) is 0 Å². The van der Waals surface area contributed by atoms with Crippen molar-refractivity contribution in [1.82, 2.24) is 20.1 Å². The first-order valence-electron chi connectivity index (χ1n) is 11.8. The topological polar surface area (TPSA) is 78.7 Å². The Balaban J connectivity index is 1.52. The van der Waals surface area contributed by atoms with E-state index in [4.69, 9.17) is 4.42 Å². The third kappa shape index (κ3) is 6.93. The number of nitrogens with one attached hydrogen (secondary N) is 1. The Morgan fingerprint density at radius 1 is 1.06 bits per heavy atom. The summed E-state index contributed by atoms with van der Waals surface area (Å²) in [5, 5.41) is 3.01. The van der Waals surface area contributed by atoms with E-state index < -0.39 is 6.04 Å². The number of nitrogens with zero attached hydrogens (tertiary/aromatic N) is 3. The summed E-state index contributed by atoms with van der Waals surface area (Å²) in [6, 6.07) is 16.1. The van der Waals surface area contributed by atoms with E-state index in [1.165, 1.54) is 0 Å². The van der Waals surface area contributed by atoms with Crippen LogP contribution < -0.4 is 5.32 Å². The van der Waals surface area contributed by atoms with Gasteiger partial charge in [-0.2, -0.15) is 0 Å². The minimum atomic E-state index is -0.808. The normalized spacial score (nSPS) is 13.4. The summed E-state index contributed by atoms with van der Waals surface area (Å²) in [7, 11) is 0. The molecule has 7 heteroatoms. The number of aromatic nitrogens is 1. The quantitative estimate of drug-likeness (QED) is 0.454. The predicted molar refractivity (Wildman–Crippen MR) is 134 cm³/mol. The van der Waals surface area contributed by atoms with E-state index in [0.717, 1.165) is 18.7 Å². The lowest BCUT2D eigenvalue weighted by atomic mass is 10.0. The maximum Gasteiger partial charge on any atom is 0.247 e. The highest BCUT2D eigenvalue weighted by Crippen LogP contribution is 2.25. The Labute approximate surface area is 205 Å². The SMILES string of the molecule is O=C(NCc1ccccc1)C(c1ccncc1)N(Cc1ccco1)C(=O)CCCN1C=CC=CC1. The van der Waals surface area contributed by atoms with Crippen LogP contribution in [0, 0.1) is 0 Å². The first kappa shape index (κ1) is 24.0. The van der Waals surface area contributed by atoms with Crippen LogP contribution in [0.1, 0.15) is 35.8 Å². The summed E-state index contributed by atoms with van der Waals surface area (Å²) < 4.78 is 5.55. The van der Waals surface area contributed by atoms with Crippen molar-refractivity contribution in [1.29, 1.82) is 0 Å². The molecular weight excluding hydrogens is 440 g/mol.